The number of benzene rings is 2. The Morgan fingerprint density at radius 3 is 2.47 bits per heavy atom. The van der Waals surface area contributed by atoms with Crippen LogP contribution in [0.25, 0.3) is 0 Å². The number of H-pyrrole nitrogens is 1. The van der Waals surface area contributed by atoms with Gasteiger partial charge in [-0.3, -0.25) is 14.4 Å². The number of imidazole rings is 1. The molecular formula is C23H20ClF2N5O3. The van der Waals surface area contributed by atoms with E-state index in [-0.39, 0.29) is 22.0 Å². The molecule has 0 radical (unpaired) electrons. The highest BCUT2D eigenvalue weighted by Gasteiger charge is 2.28. The van der Waals surface area contributed by atoms with Gasteiger partial charge in [0.15, 0.2) is 17.3 Å². The second-order valence-electron chi connectivity index (χ2n) is 7.93. The van der Waals surface area contributed by atoms with Gasteiger partial charge in [-0.25, -0.2) is 13.8 Å². The maximum Gasteiger partial charge on any atom is 0.279 e. The third-order valence-corrected chi connectivity index (χ3v) is 5.80. The number of rotatable bonds is 8. The molecule has 0 spiro atoms. The monoisotopic (exact) mass is 487 g/mol. The van der Waals surface area contributed by atoms with E-state index in [9.17, 15) is 23.2 Å². The van der Waals surface area contributed by atoms with Crippen molar-refractivity contribution < 1.29 is 23.2 Å². The summed E-state index contributed by atoms with van der Waals surface area (Å²) in [7, 11) is 0. The summed E-state index contributed by atoms with van der Waals surface area (Å²) in [6.07, 6.45) is 4.23. The molecule has 0 atom stereocenters. The van der Waals surface area contributed by atoms with Crippen molar-refractivity contribution in [3.05, 3.63) is 76.3 Å². The van der Waals surface area contributed by atoms with Crippen molar-refractivity contribution in [2.24, 2.45) is 11.7 Å². The minimum absolute atomic E-state index is 0.0753. The maximum atomic E-state index is 13.5. The molecule has 1 heterocycles. The lowest BCUT2D eigenvalue weighted by Crippen LogP contribution is -2.34. The van der Waals surface area contributed by atoms with Crippen LogP contribution in [-0.2, 0) is 0 Å². The highest BCUT2D eigenvalue weighted by atomic mass is 35.5. The summed E-state index contributed by atoms with van der Waals surface area (Å²) in [6.45, 7) is 0.407. The molecular weight excluding hydrogens is 468 g/mol. The molecule has 1 aliphatic carbocycles. The van der Waals surface area contributed by atoms with Crippen LogP contribution in [0.1, 0.15) is 50.6 Å². The minimum Gasteiger partial charge on any atom is -0.364 e. The summed E-state index contributed by atoms with van der Waals surface area (Å²) < 4.78 is 26.8. The average molecular weight is 488 g/mol. The topological polar surface area (TPSA) is 121 Å². The fourth-order valence-corrected chi connectivity index (χ4v) is 3.69. The van der Waals surface area contributed by atoms with Crippen molar-refractivity contribution >= 4 is 40.7 Å². The van der Waals surface area contributed by atoms with Crippen LogP contribution in [0.5, 0.6) is 0 Å². The predicted molar refractivity (Wildman–Crippen MR) is 122 cm³/mol. The third-order valence-electron chi connectivity index (χ3n) is 5.48. The SMILES string of the molecule is NC(=O)c1[nH]cnc1C(=O)N(CCC1CC1)c1ccc(NC(=O)c2cc(F)c(F)cc2Cl)cc1. The van der Waals surface area contributed by atoms with Crippen LogP contribution in [0, 0.1) is 17.6 Å². The molecule has 1 aliphatic rings. The number of amides is 3. The molecule has 1 fully saturated rings. The number of anilines is 2. The van der Waals surface area contributed by atoms with E-state index in [4.69, 9.17) is 17.3 Å². The summed E-state index contributed by atoms with van der Waals surface area (Å²) in [6, 6.07) is 7.79. The Balaban J connectivity index is 1.54. The molecule has 0 bridgehead atoms. The van der Waals surface area contributed by atoms with Gasteiger partial charge >= 0.3 is 0 Å². The molecule has 11 heteroatoms. The van der Waals surface area contributed by atoms with E-state index in [1.807, 2.05) is 0 Å². The normalized spacial score (nSPS) is 12.9. The fourth-order valence-electron chi connectivity index (χ4n) is 3.46. The first-order valence-corrected chi connectivity index (χ1v) is 10.8. The number of hydrogen-bond donors (Lipinski definition) is 3. The first-order valence-electron chi connectivity index (χ1n) is 10.5. The van der Waals surface area contributed by atoms with E-state index in [2.05, 4.69) is 15.3 Å². The second-order valence-corrected chi connectivity index (χ2v) is 8.33. The number of carbonyl (C=O) groups excluding carboxylic acids is 3. The summed E-state index contributed by atoms with van der Waals surface area (Å²) in [5.74, 6) is -3.80. The van der Waals surface area contributed by atoms with Crippen LogP contribution in [0.2, 0.25) is 5.02 Å². The lowest BCUT2D eigenvalue weighted by Gasteiger charge is -2.23. The molecule has 0 aliphatic heterocycles. The molecule has 8 nitrogen and oxygen atoms in total. The lowest BCUT2D eigenvalue weighted by molar-refractivity contribution is 0.0954. The smallest absolute Gasteiger partial charge is 0.279 e. The zero-order valence-corrected chi connectivity index (χ0v) is 18.5. The van der Waals surface area contributed by atoms with Crippen molar-refractivity contribution in [1.29, 1.82) is 0 Å². The van der Waals surface area contributed by atoms with Crippen molar-refractivity contribution in [2.75, 3.05) is 16.8 Å². The first-order chi connectivity index (χ1) is 16.2. The highest BCUT2D eigenvalue weighted by molar-refractivity contribution is 6.34. The fraction of sp³-hybridized carbons (Fsp3) is 0.217. The molecule has 3 amide bonds. The van der Waals surface area contributed by atoms with E-state index >= 15 is 0 Å². The van der Waals surface area contributed by atoms with E-state index in [1.54, 1.807) is 24.3 Å². The van der Waals surface area contributed by atoms with Crippen molar-refractivity contribution in [3.8, 4) is 0 Å². The number of carbonyl (C=O) groups is 3. The molecule has 3 aromatic rings. The zero-order chi connectivity index (χ0) is 24.4. The Morgan fingerprint density at radius 1 is 1.15 bits per heavy atom. The van der Waals surface area contributed by atoms with Crippen molar-refractivity contribution in [1.82, 2.24) is 9.97 Å². The van der Waals surface area contributed by atoms with Gasteiger partial charge in [0.1, 0.15) is 5.69 Å². The van der Waals surface area contributed by atoms with Crippen LogP contribution >= 0.6 is 11.6 Å². The number of primary amides is 1. The Morgan fingerprint density at radius 2 is 1.82 bits per heavy atom. The van der Waals surface area contributed by atoms with Gasteiger partial charge in [-0.15, -0.1) is 0 Å². The number of halogens is 3. The zero-order valence-electron chi connectivity index (χ0n) is 17.8. The molecule has 4 rings (SSSR count). The van der Waals surface area contributed by atoms with Crippen LogP contribution in [0.15, 0.2) is 42.7 Å². The van der Waals surface area contributed by atoms with Crippen LogP contribution < -0.4 is 16.0 Å². The van der Waals surface area contributed by atoms with Gasteiger partial charge in [-0.1, -0.05) is 24.4 Å². The lowest BCUT2D eigenvalue weighted by atomic mass is 10.1. The van der Waals surface area contributed by atoms with E-state index in [0.29, 0.717) is 23.8 Å². The number of nitrogens with two attached hydrogens (primary N) is 1. The quantitative estimate of drug-likeness (QED) is 0.413. The summed E-state index contributed by atoms with van der Waals surface area (Å²) in [5, 5.41) is 2.33. The molecule has 176 valence electrons. The van der Waals surface area contributed by atoms with Gasteiger partial charge in [-0.05, 0) is 48.7 Å². The summed E-state index contributed by atoms with van der Waals surface area (Å²) >= 11 is 5.86. The minimum atomic E-state index is -1.19. The number of nitrogens with zero attached hydrogens (tertiary/aromatic N) is 2. The van der Waals surface area contributed by atoms with Crippen LogP contribution in [0.3, 0.4) is 0 Å². The largest absolute Gasteiger partial charge is 0.364 e. The van der Waals surface area contributed by atoms with E-state index in [0.717, 1.165) is 31.4 Å². The predicted octanol–water partition coefficient (Wildman–Crippen LogP) is 4.14. The van der Waals surface area contributed by atoms with E-state index in [1.165, 1.54) is 11.2 Å². The highest BCUT2D eigenvalue weighted by Crippen LogP contribution is 2.33. The van der Waals surface area contributed by atoms with Crippen LogP contribution in [-0.4, -0.2) is 34.2 Å². The van der Waals surface area contributed by atoms with Gasteiger partial charge < -0.3 is 20.9 Å². The molecule has 1 saturated carbocycles. The standard InChI is InChI=1S/C23H20ClF2N5O3/c24-16-10-18(26)17(25)9-15(16)22(33)30-13-3-5-14(6-4-13)31(8-7-12-1-2-12)23(34)20-19(21(27)32)28-11-29-20/h3-6,9-12H,1-2,7-8H2,(H2,27,32)(H,28,29)(H,30,33). The summed E-state index contributed by atoms with van der Waals surface area (Å²) in [4.78, 5) is 45.3. The number of aromatic amines is 1. The van der Waals surface area contributed by atoms with Gasteiger partial charge in [0.25, 0.3) is 17.7 Å². The maximum absolute atomic E-state index is 13.5. The van der Waals surface area contributed by atoms with Crippen molar-refractivity contribution in [3.63, 3.8) is 0 Å². The molecule has 34 heavy (non-hydrogen) atoms. The molecule has 0 unspecified atom stereocenters. The summed E-state index contributed by atoms with van der Waals surface area (Å²) in [5.41, 5.74) is 5.84. The molecule has 1 aromatic heterocycles. The van der Waals surface area contributed by atoms with Gasteiger partial charge in [0.2, 0.25) is 0 Å². The van der Waals surface area contributed by atoms with E-state index < -0.39 is 29.4 Å². The van der Waals surface area contributed by atoms with Gasteiger partial charge in [0, 0.05) is 17.9 Å². The van der Waals surface area contributed by atoms with Gasteiger partial charge in [0.05, 0.1) is 16.9 Å². The Hall–Kier alpha value is -3.79. The average Bonchev–Trinajstić information content (AvgIpc) is 3.49. The molecule has 4 N–H and O–H groups in total. The van der Waals surface area contributed by atoms with Crippen molar-refractivity contribution in [2.45, 2.75) is 19.3 Å². The van der Waals surface area contributed by atoms with Crippen LogP contribution in [0.4, 0.5) is 20.2 Å². The number of aromatic nitrogens is 2. The Labute approximate surface area is 198 Å². The Bertz CT molecular complexity index is 1260. The molecule has 0 saturated heterocycles. The second kappa shape index (κ2) is 9.60. The Kier molecular flexibility index (Phi) is 6.60. The van der Waals surface area contributed by atoms with Gasteiger partial charge in [-0.2, -0.15) is 0 Å². The molecule has 2 aromatic carbocycles. The number of hydrogen-bond acceptors (Lipinski definition) is 4. The first kappa shape index (κ1) is 23.4. The third kappa shape index (κ3) is 5.07. The number of nitrogens with one attached hydrogen (secondary N) is 2.